The highest BCUT2D eigenvalue weighted by Crippen LogP contribution is 2.35. The summed E-state index contributed by atoms with van der Waals surface area (Å²) >= 11 is 3.32. The molecular weight excluding hydrogens is 354 g/mol. The van der Waals surface area contributed by atoms with Crippen LogP contribution in [0.25, 0.3) is 0 Å². The van der Waals surface area contributed by atoms with Crippen LogP contribution < -0.4 is 9.46 Å². The molecule has 0 radical (unpaired) electrons. The van der Waals surface area contributed by atoms with Gasteiger partial charge in [-0.2, -0.15) is 0 Å². The summed E-state index contributed by atoms with van der Waals surface area (Å²) in [6.07, 6.45) is 5.80. The lowest BCUT2D eigenvalue weighted by Gasteiger charge is -2.33. The summed E-state index contributed by atoms with van der Waals surface area (Å²) in [5.74, 6) is 0.619. The second-order valence-electron chi connectivity index (χ2n) is 5.99. The number of sulfonamides is 1. The molecule has 0 aliphatic heterocycles. The zero-order valence-electron chi connectivity index (χ0n) is 12.5. The molecule has 0 unspecified atom stereocenters. The van der Waals surface area contributed by atoms with Crippen molar-refractivity contribution in [3.63, 3.8) is 0 Å². The lowest BCUT2D eigenvalue weighted by Crippen LogP contribution is -2.37. The summed E-state index contributed by atoms with van der Waals surface area (Å²) < 4.78 is 33.3. The van der Waals surface area contributed by atoms with E-state index in [9.17, 15) is 8.42 Å². The maximum Gasteiger partial charge on any atom is 0.240 e. The largest absolute Gasteiger partial charge is 0.496 e. The van der Waals surface area contributed by atoms with Gasteiger partial charge in [0.1, 0.15) is 5.75 Å². The summed E-state index contributed by atoms with van der Waals surface area (Å²) in [6.45, 7) is 2.66. The molecule has 0 aromatic heterocycles. The molecule has 0 heterocycles. The minimum absolute atomic E-state index is 0.0784. The number of halogens is 1. The summed E-state index contributed by atoms with van der Waals surface area (Å²) in [6, 6.07) is 4.79. The Balaban J connectivity index is 2.09. The SMILES string of the molecule is COc1ccc(S(=O)(=O)NCC2(C)CCCCC2)cc1Br. The molecule has 118 valence electrons. The molecule has 0 spiro atoms. The molecule has 1 aliphatic carbocycles. The number of rotatable bonds is 5. The molecule has 2 rings (SSSR count). The van der Waals surface area contributed by atoms with E-state index in [0.717, 1.165) is 12.8 Å². The summed E-state index contributed by atoms with van der Waals surface area (Å²) in [5, 5.41) is 0. The van der Waals surface area contributed by atoms with Crippen LogP contribution in [0.3, 0.4) is 0 Å². The molecular formula is C15H22BrNO3S. The Bertz CT molecular complexity index is 595. The number of ether oxygens (including phenoxy) is 1. The van der Waals surface area contributed by atoms with Gasteiger partial charge in [0.05, 0.1) is 16.5 Å². The van der Waals surface area contributed by atoms with Gasteiger partial charge in [-0.05, 0) is 52.4 Å². The van der Waals surface area contributed by atoms with Crippen molar-refractivity contribution in [3.8, 4) is 5.75 Å². The third kappa shape index (κ3) is 4.20. The first kappa shape index (κ1) is 16.8. The molecule has 0 atom stereocenters. The molecule has 0 bridgehead atoms. The maximum absolute atomic E-state index is 12.4. The fourth-order valence-corrected chi connectivity index (χ4v) is 4.67. The van der Waals surface area contributed by atoms with Crippen molar-refractivity contribution in [1.29, 1.82) is 0 Å². The van der Waals surface area contributed by atoms with Crippen LogP contribution in [0.2, 0.25) is 0 Å². The van der Waals surface area contributed by atoms with Gasteiger partial charge in [0, 0.05) is 6.54 Å². The smallest absolute Gasteiger partial charge is 0.240 e. The molecule has 1 N–H and O–H groups in total. The lowest BCUT2D eigenvalue weighted by molar-refractivity contribution is 0.219. The quantitative estimate of drug-likeness (QED) is 0.853. The Kier molecular flexibility index (Phi) is 5.33. The van der Waals surface area contributed by atoms with Crippen LogP contribution in [0.1, 0.15) is 39.0 Å². The van der Waals surface area contributed by atoms with Gasteiger partial charge in [-0.25, -0.2) is 13.1 Å². The average molecular weight is 376 g/mol. The van der Waals surface area contributed by atoms with Crippen molar-refractivity contribution in [2.45, 2.75) is 43.9 Å². The van der Waals surface area contributed by atoms with Gasteiger partial charge < -0.3 is 4.74 Å². The van der Waals surface area contributed by atoms with E-state index < -0.39 is 10.0 Å². The average Bonchev–Trinajstić information content (AvgIpc) is 2.46. The Morgan fingerprint density at radius 3 is 2.52 bits per heavy atom. The summed E-state index contributed by atoms with van der Waals surface area (Å²) in [7, 11) is -1.93. The van der Waals surface area contributed by atoms with Gasteiger partial charge >= 0.3 is 0 Å². The molecule has 1 aromatic rings. The second-order valence-corrected chi connectivity index (χ2v) is 8.61. The zero-order valence-corrected chi connectivity index (χ0v) is 14.9. The third-order valence-corrected chi connectivity index (χ3v) is 6.20. The molecule has 0 saturated heterocycles. The van der Waals surface area contributed by atoms with Gasteiger partial charge in [0.25, 0.3) is 0 Å². The van der Waals surface area contributed by atoms with Crippen molar-refractivity contribution < 1.29 is 13.2 Å². The highest BCUT2D eigenvalue weighted by molar-refractivity contribution is 9.10. The van der Waals surface area contributed by atoms with Crippen molar-refractivity contribution in [2.24, 2.45) is 5.41 Å². The molecule has 1 fully saturated rings. The summed E-state index contributed by atoms with van der Waals surface area (Å²) in [5.41, 5.74) is 0.0784. The van der Waals surface area contributed by atoms with E-state index in [2.05, 4.69) is 27.6 Å². The minimum atomic E-state index is -3.48. The highest BCUT2D eigenvalue weighted by Gasteiger charge is 2.28. The Labute approximate surface area is 135 Å². The minimum Gasteiger partial charge on any atom is -0.496 e. The second kappa shape index (κ2) is 6.67. The fourth-order valence-electron chi connectivity index (χ4n) is 2.75. The molecule has 1 aromatic carbocycles. The molecule has 1 aliphatic rings. The van der Waals surface area contributed by atoms with Crippen LogP contribution >= 0.6 is 15.9 Å². The van der Waals surface area contributed by atoms with Gasteiger partial charge in [-0.3, -0.25) is 0 Å². The maximum atomic E-state index is 12.4. The van der Waals surface area contributed by atoms with Gasteiger partial charge in [-0.1, -0.05) is 26.2 Å². The number of methoxy groups -OCH3 is 1. The van der Waals surface area contributed by atoms with E-state index >= 15 is 0 Å². The number of benzene rings is 1. The number of nitrogens with one attached hydrogen (secondary N) is 1. The van der Waals surface area contributed by atoms with Crippen molar-refractivity contribution in [2.75, 3.05) is 13.7 Å². The highest BCUT2D eigenvalue weighted by atomic mass is 79.9. The first-order valence-corrected chi connectivity index (χ1v) is 9.47. The standard InChI is InChI=1S/C15H22BrNO3S/c1-15(8-4-3-5-9-15)11-17-21(18,19)12-6-7-14(20-2)13(16)10-12/h6-7,10,17H,3-5,8-9,11H2,1-2H3. The van der Waals surface area contributed by atoms with E-state index in [0.29, 0.717) is 16.8 Å². The van der Waals surface area contributed by atoms with Crippen molar-refractivity contribution in [3.05, 3.63) is 22.7 Å². The molecule has 0 amide bonds. The molecule has 1 saturated carbocycles. The Hall–Kier alpha value is -0.590. The molecule has 6 heteroatoms. The van der Waals surface area contributed by atoms with E-state index in [1.807, 2.05) is 0 Å². The van der Waals surface area contributed by atoms with E-state index in [1.54, 1.807) is 25.3 Å². The van der Waals surface area contributed by atoms with Crippen LogP contribution in [0, 0.1) is 5.41 Å². The van der Waals surface area contributed by atoms with Crippen LogP contribution in [-0.4, -0.2) is 22.1 Å². The summed E-state index contributed by atoms with van der Waals surface area (Å²) in [4.78, 5) is 0.259. The topological polar surface area (TPSA) is 55.4 Å². The lowest BCUT2D eigenvalue weighted by atomic mass is 9.76. The fraction of sp³-hybridized carbons (Fsp3) is 0.600. The van der Waals surface area contributed by atoms with Crippen molar-refractivity contribution in [1.82, 2.24) is 4.72 Å². The van der Waals surface area contributed by atoms with E-state index in [4.69, 9.17) is 4.74 Å². The predicted molar refractivity (Wildman–Crippen MR) is 87.1 cm³/mol. The van der Waals surface area contributed by atoms with E-state index in [1.165, 1.54) is 19.3 Å². The van der Waals surface area contributed by atoms with Crippen LogP contribution in [0.15, 0.2) is 27.6 Å². The van der Waals surface area contributed by atoms with Crippen LogP contribution in [0.5, 0.6) is 5.75 Å². The Morgan fingerprint density at radius 1 is 1.29 bits per heavy atom. The van der Waals surface area contributed by atoms with Crippen LogP contribution in [0.4, 0.5) is 0 Å². The zero-order chi connectivity index (χ0) is 15.5. The van der Waals surface area contributed by atoms with Gasteiger partial charge in [0.2, 0.25) is 10.0 Å². The third-order valence-electron chi connectivity index (χ3n) is 4.18. The van der Waals surface area contributed by atoms with Crippen LogP contribution in [-0.2, 0) is 10.0 Å². The van der Waals surface area contributed by atoms with Gasteiger partial charge in [-0.15, -0.1) is 0 Å². The van der Waals surface area contributed by atoms with Crippen molar-refractivity contribution >= 4 is 26.0 Å². The normalized spacial score (nSPS) is 18.4. The monoisotopic (exact) mass is 375 g/mol. The molecule has 4 nitrogen and oxygen atoms in total. The number of hydrogen-bond acceptors (Lipinski definition) is 3. The number of hydrogen-bond donors (Lipinski definition) is 1. The van der Waals surface area contributed by atoms with Gasteiger partial charge in [0.15, 0.2) is 0 Å². The molecule has 21 heavy (non-hydrogen) atoms. The predicted octanol–water partition coefficient (Wildman–Crippen LogP) is 3.71. The van der Waals surface area contributed by atoms with E-state index in [-0.39, 0.29) is 10.3 Å². The Morgan fingerprint density at radius 2 is 1.95 bits per heavy atom. The first-order chi connectivity index (χ1) is 9.86. The first-order valence-electron chi connectivity index (χ1n) is 7.20.